The fraction of sp³-hybridized carbons (Fsp3) is 0.407. The van der Waals surface area contributed by atoms with Gasteiger partial charge in [0.1, 0.15) is 11.3 Å². The van der Waals surface area contributed by atoms with Crippen LogP contribution in [0.2, 0.25) is 0 Å². The molecule has 0 aromatic heterocycles. The molecule has 0 saturated heterocycles. The average molecular weight is 450 g/mol. The molecule has 0 radical (unpaired) electrons. The number of carboxylic acid groups (broad SMARTS) is 1. The molecule has 0 fully saturated rings. The summed E-state index contributed by atoms with van der Waals surface area (Å²) in [5.74, 6) is -2.25. The van der Waals surface area contributed by atoms with E-state index in [1.165, 1.54) is 5.56 Å². The molecular formula is C27H31NO5. The number of hydrogen-bond acceptors (Lipinski definition) is 5. The molecule has 174 valence electrons. The molecule has 1 aromatic rings. The SMILES string of the molecule is CC(c1ccc(C2C=CC=CC2)cc1)C1CCC/C(O)=C(/C(=O)C(=N)CCC(=O)O)C(=O)C1. The molecule has 0 saturated carbocycles. The Morgan fingerprint density at radius 2 is 1.88 bits per heavy atom. The highest BCUT2D eigenvalue weighted by molar-refractivity contribution is 6.50. The van der Waals surface area contributed by atoms with Crippen molar-refractivity contribution in [2.24, 2.45) is 5.92 Å². The van der Waals surface area contributed by atoms with Crippen molar-refractivity contribution in [3.8, 4) is 0 Å². The van der Waals surface area contributed by atoms with E-state index >= 15 is 0 Å². The van der Waals surface area contributed by atoms with Crippen molar-refractivity contribution >= 4 is 23.2 Å². The van der Waals surface area contributed by atoms with Crippen molar-refractivity contribution in [1.82, 2.24) is 0 Å². The highest BCUT2D eigenvalue weighted by Gasteiger charge is 2.32. The van der Waals surface area contributed by atoms with E-state index in [4.69, 9.17) is 10.5 Å². The molecule has 0 aliphatic heterocycles. The molecule has 3 atom stereocenters. The Kier molecular flexibility index (Phi) is 8.15. The third-order valence-electron chi connectivity index (χ3n) is 6.67. The summed E-state index contributed by atoms with van der Waals surface area (Å²) in [4.78, 5) is 36.4. The van der Waals surface area contributed by atoms with Gasteiger partial charge in [-0.2, -0.15) is 0 Å². The lowest BCUT2D eigenvalue weighted by Crippen LogP contribution is -2.27. The van der Waals surface area contributed by atoms with Gasteiger partial charge >= 0.3 is 5.97 Å². The van der Waals surface area contributed by atoms with Gasteiger partial charge in [0.15, 0.2) is 5.78 Å². The zero-order valence-corrected chi connectivity index (χ0v) is 18.9. The Morgan fingerprint density at radius 1 is 1.15 bits per heavy atom. The van der Waals surface area contributed by atoms with E-state index in [-0.39, 0.29) is 48.9 Å². The lowest BCUT2D eigenvalue weighted by atomic mass is 9.77. The summed E-state index contributed by atoms with van der Waals surface area (Å²) in [5, 5.41) is 27.0. The number of benzene rings is 1. The van der Waals surface area contributed by atoms with E-state index in [1.54, 1.807) is 0 Å². The highest BCUT2D eigenvalue weighted by Crippen LogP contribution is 2.35. The van der Waals surface area contributed by atoms with E-state index in [1.807, 2.05) is 0 Å². The summed E-state index contributed by atoms with van der Waals surface area (Å²) < 4.78 is 0. The van der Waals surface area contributed by atoms with E-state index < -0.39 is 23.2 Å². The van der Waals surface area contributed by atoms with Crippen molar-refractivity contribution in [3.63, 3.8) is 0 Å². The standard InChI is InChI=1S/C27H31NO5/c1-17(18-10-12-20(13-11-18)19-6-3-2-4-7-19)21-8-5-9-23(29)26(24(30)16-21)27(33)22(28)14-15-25(31)32/h2-4,6,10-13,17,19,21,28-29H,5,7-9,14-16H2,1H3,(H,31,32)/b26-23-,28-22?. The van der Waals surface area contributed by atoms with Crippen LogP contribution in [0.5, 0.6) is 0 Å². The first kappa shape index (κ1) is 24.4. The quantitative estimate of drug-likeness (QED) is 0.362. The number of allylic oxidation sites excluding steroid dienone is 6. The van der Waals surface area contributed by atoms with Gasteiger partial charge in [-0.05, 0) is 42.2 Å². The summed E-state index contributed by atoms with van der Waals surface area (Å²) in [6, 6.07) is 8.48. The van der Waals surface area contributed by atoms with Crippen LogP contribution >= 0.6 is 0 Å². The van der Waals surface area contributed by atoms with Crippen molar-refractivity contribution in [1.29, 1.82) is 5.41 Å². The molecule has 6 heteroatoms. The first-order valence-corrected chi connectivity index (χ1v) is 11.5. The van der Waals surface area contributed by atoms with Crippen LogP contribution in [0.3, 0.4) is 0 Å². The minimum Gasteiger partial charge on any atom is -0.511 e. The van der Waals surface area contributed by atoms with E-state index in [2.05, 4.69) is 55.5 Å². The van der Waals surface area contributed by atoms with Gasteiger partial charge in [-0.15, -0.1) is 0 Å². The number of nitrogens with one attached hydrogen (secondary N) is 1. The summed E-state index contributed by atoms with van der Waals surface area (Å²) in [5.41, 5.74) is 1.58. The van der Waals surface area contributed by atoms with Crippen molar-refractivity contribution < 1.29 is 24.6 Å². The van der Waals surface area contributed by atoms with E-state index in [0.717, 1.165) is 18.4 Å². The number of carbonyl (C=O) groups is 3. The Hall–Kier alpha value is -3.28. The summed E-state index contributed by atoms with van der Waals surface area (Å²) in [6.45, 7) is 2.08. The minimum atomic E-state index is -1.12. The molecule has 0 bridgehead atoms. The molecule has 0 spiro atoms. The predicted octanol–water partition coefficient (Wildman–Crippen LogP) is 5.41. The Balaban J connectivity index is 1.72. The zero-order chi connectivity index (χ0) is 24.0. The maximum Gasteiger partial charge on any atom is 0.303 e. The number of Topliss-reactive ketones (excluding diaryl/α,β-unsaturated/α-hetero) is 2. The van der Waals surface area contributed by atoms with Crippen molar-refractivity contribution in [2.45, 2.75) is 63.7 Å². The van der Waals surface area contributed by atoms with Gasteiger partial charge in [0, 0.05) is 25.2 Å². The maximum atomic E-state index is 13.0. The van der Waals surface area contributed by atoms with Gasteiger partial charge in [0.05, 0.1) is 12.1 Å². The number of ketones is 2. The van der Waals surface area contributed by atoms with Gasteiger partial charge in [-0.25, -0.2) is 0 Å². The minimum absolute atomic E-state index is 0.00460. The number of carboxylic acids is 1. The molecule has 0 amide bonds. The molecule has 2 aliphatic carbocycles. The second-order valence-corrected chi connectivity index (χ2v) is 8.91. The normalized spacial score (nSPS) is 24.1. The molecular weight excluding hydrogens is 418 g/mol. The summed E-state index contributed by atoms with van der Waals surface area (Å²) in [6.07, 6.45) is 10.5. The number of aliphatic carboxylic acids is 1. The summed E-state index contributed by atoms with van der Waals surface area (Å²) >= 11 is 0. The summed E-state index contributed by atoms with van der Waals surface area (Å²) in [7, 11) is 0. The van der Waals surface area contributed by atoms with Crippen LogP contribution < -0.4 is 0 Å². The largest absolute Gasteiger partial charge is 0.511 e. The molecule has 33 heavy (non-hydrogen) atoms. The van der Waals surface area contributed by atoms with Gasteiger partial charge in [0.25, 0.3) is 0 Å². The highest BCUT2D eigenvalue weighted by atomic mass is 16.4. The number of rotatable bonds is 8. The Bertz CT molecular complexity index is 1020. The molecule has 3 unspecified atom stereocenters. The maximum absolute atomic E-state index is 13.0. The topological polar surface area (TPSA) is 116 Å². The number of aliphatic hydroxyl groups is 1. The van der Waals surface area contributed by atoms with Gasteiger partial charge in [-0.3, -0.25) is 14.4 Å². The van der Waals surface area contributed by atoms with Gasteiger partial charge < -0.3 is 15.6 Å². The second-order valence-electron chi connectivity index (χ2n) is 8.91. The number of carbonyl (C=O) groups excluding carboxylic acids is 2. The molecule has 3 N–H and O–H groups in total. The second kappa shape index (κ2) is 11.0. The average Bonchev–Trinajstić information content (AvgIpc) is 2.81. The van der Waals surface area contributed by atoms with Crippen LogP contribution in [0.4, 0.5) is 0 Å². The fourth-order valence-electron chi connectivity index (χ4n) is 4.59. The van der Waals surface area contributed by atoms with Crippen LogP contribution in [-0.4, -0.2) is 33.5 Å². The van der Waals surface area contributed by atoms with Gasteiger partial charge in [0.2, 0.25) is 5.78 Å². The molecule has 2 aliphatic rings. The Labute approximate surface area is 194 Å². The van der Waals surface area contributed by atoms with Crippen molar-refractivity contribution in [2.75, 3.05) is 0 Å². The zero-order valence-electron chi connectivity index (χ0n) is 18.9. The molecule has 3 rings (SSSR count). The monoisotopic (exact) mass is 449 g/mol. The van der Waals surface area contributed by atoms with Crippen LogP contribution in [0, 0.1) is 11.3 Å². The first-order valence-electron chi connectivity index (χ1n) is 11.5. The lowest BCUT2D eigenvalue weighted by Gasteiger charge is -2.27. The van der Waals surface area contributed by atoms with Crippen LogP contribution in [-0.2, 0) is 14.4 Å². The number of hydrogen-bond donors (Lipinski definition) is 3. The third kappa shape index (κ3) is 6.15. The van der Waals surface area contributed by atoms with Crippen LogP contribution in [0.1, 0.15) is 74.8 Å². The van der Waals surface area contributed by atoms with Gasteiger partial charge in [-0.1, -0.05) is 55.5 Å². The fourth-order valence-corrected chi connectivity index (χ4v) is 4.59. The molecule has 6 nitrogen and oxygen atoms in total. The predicted molar refractivity (Wildman–Crippen MR) is 127 cm³/mol. The molecule has 0 heterocycles. The van der Waals surface area contributed by atoms with Crippen molar-refractivity contribution in [3.05, 3.63) is 71.0 Å². The van der Waals surface area contributed by atoms with E-state index in [9.17, 15) is 19.5 Å². The number of aliphatic hydroxyl groups excluding tert-OH is 1. The smallest absolute Gasteiger partial charge is 0.303 e. The molecule has 1 aromatic carbocycles. The Morgan fingerprint density at radius 3 is 2.52 bits per heavy atom. The van der Waals surface area contributed by atoms with Crippen LogP contribution in [0.15, 0.2) is 59.9 Å². The lowest BCUT2D eigenvalue weighted by molar-refractivity contribution is -0.136. The van der Waals surface area contributed by atoms with E-state index in [0.29, 0.717) is 12.3 Å². The first-order chi connectivity index (χ1) is 15.8. The van der Waals surface area contributed by atoms with Crippen LogP contribution in [0.25, 0.3) is 0 Å². The third-order valence-corrected chi connectivity index (χ3v) is 6.67.